The van der Waals surface area contributed by atoms with Gasteiger partial charge in [0.05, 0.1) is 10.9 Å². The largest absolute Gasteiger partial charge is 0.494 e. The number of nitrogens with one attached hydrogen (secondary N) is 1. The fourth-order valence-electron chi connectivity index (χ4n) is 2.71. The summed E-state index contributed by atoms with van der Waals surface area (Å²) < 4.78 is 41.2. The predicted octanol–water partition coefficient (Wildman–Crippen LogP) is 3.11. The van der Waals surface area contributed by atoms with E-state index in [1.54, 1.807) is 10.6 Å². The van der Waals surface area contributed by atoms with Gasteiger partial charge < -0.3 is 15.0 Å². The van der Waals surface area contributed by atoms with Crippen LogP contribution in [0.5, 0.6) is 5.88 Å². The van der Waals surface area contributed by atoms with Gasteiger partial charge in [0.25, 0.3) is 0 Å². The number of aromatic nitrogens is 1. The van der Waals surface area contributed by atoms with Crippen LogP contribution in [0.4, 0.5) is 13.2 Å². The van der Waals surface area contributed by atoms with Gasteiger partial charge >= 0.3 is 6.18 Å². The van der Waals surface area contributed by atoms with Gasteiger partial charge in [-0.1, -0.05) is 12.7 Å². The molecule has 1 aromatic heterocycles. The van der Waals surface area contributed by atoms with Crippen molar-refractivity contribution in [1.29, 1.82) is 0 Å². The van der Waals surface area contributed by atoms with E-state index in [1.807, 2.05) is 0 Å². The van der Waals surface area contributed by atoms with Gasteiger partial charge in [-0.3, -0.25) is 0 Å². The van der Waals surface area contributed by atoms with Crippen LogP contribution in [0.3, 0.4) is 0 Å². The summed E-state index contributed by atoms with van der Waals surface area (Å²) in [6, 6.07) is 2.66. The summed E-state index contributed by atoms with van der Waals surface area (Å²) in [6.07, 6.45) is -3.13. The van der Waals surface area contributed by atoms with Crippen LogP contribution in [-0.2, 0) is 19.3 Å². The second-order valence-electron chi connectivity index (χ2n) is 4.79. The molecule has 6 heteroatoms. The third kappa shape index (κ3) is 1.79. The van der Waals surface area contributed by atoms with Crippen molar-refractivity contribution in [2.45, 2.75) is 19.3 Å². The molecule has 3 rings (SSSR count). The van der Waals surface area contributed by atoms with Gasteiger partial charge in [0.15, 0.2) is 5.88 Å². The molecule has 2 heterocycles. The summed E-state index contributed by atoms with van der Waals surface area (Å²) in [4.78, 5) is 0. The minimum atomic E-state index is -4.51. The zero-order valence-electron chi connectivity index (χ0n) is 10.6. The van der Waals surface area contributed by atoms with Gasteiger partial charge in [-0.25, -0.2) is 0 Å². The van der Waals surface area contributed by atoms with Gasteiger partial charge in [0, 0.05) is 30.7 Å². The number of alkyl halides is 3. The summed E-state index contributed by atoms with van der Waals surface area (Å²) in [7, 11) is 0. The maximum absolute atomic E-state index is 13.2. The highest BCUT2D eigenvalue weighted by molar-refractivity contribution is 5.95. The second kappa shape index (κ2) is 4.28. The third-order valence-corrected chi connectivity index (χ3v) is 3.62. The van der Waals surface area contributed by atoms with E-state index in [1.165, 1.54) is 6.08 Å². The van der Waals surface area contributed by atoms with Gasteiger partial charge in [0.2, 0.25) is 0 Å². The molecule has 0 aliphatic carbocycles. The lowest BCUT2D eigenvalue weighted by atomic mass is 10.0. The maximum atomic E-state index is 13.2. The Bertz CT molecular complexity index is 701. The van der Waals surface area contributed by atoms with Crippen LogP contribution in [0.1, 0.15) is 16.8 Å². The number of benzene rings is 1. The molecule has 2 N–H and O–H groups in total. The van der Waals surface area contributed by atoms with Crippen LogP contribution in [0.2, 0.25) is 0 Å². The van der Waals surface area contributed by atoms with E-state index in [9.17, 15) is 18.3 Å². The zero-order chi connectivity index (χ0) is 14.5. The van der Waals surface area contributed by atoms with Crippen molar-refractivity contribution in [3.05, 3.63) is 35.5 Å². The highest BCUT2D eigenvalue weighted by Crippen LogP contribution is 2.43. The first-order valence-electron chi connectivity index (χ1n) is 6.22. The molecule has 20 heavy (non-hydrogen) atoms. The van der Waals surface area contributed by atoms with Crippen molar-refractivity contribution in [2.75, 3.05) is 6.54 Å². The number of halogens is 3. The van der Waals surface area contributed by atoms with Crippen LogP contribution in [0.15, 0.2) is 18.7 Å². The van der Waals surface area contributed by atoms with E-state index >= 15 is 0 Å². The number of nitrogens with zero attached hydrogens (tertiary/aromatic N) is 1. The van der Waals surface area contributed by atoms with Gasteiger partial charge in [0.1, 0.15) is 0 Å². The predicted molar refractivity (Wildman–Crippen MR) is 70.4 cm³/mol. The number of fused-ring (bicyclic) bond motifs is 3. The van der Waals surface area contributed by atoms with Crippen LogP contribution in [0.25, 0.3) is 16.8 Å². The summed E-state index contributed by atoms with van der Waals surface area (Å²) in [5, 5.41) is 13.6. The third-order valence-electron chi connectivity index (χ3n) is 3.62. The topological polar surface area (TPSA) is 37.2 Å². The van der Waals surface area contributed by atoms with E-state index in [0.717, 1.165) is 6.07 Å². The number of hydrogen-bond donors (Lipinski definition) is 2. The van der Waals surface area contributed by atoms with E-state index in [-0.39, 0.29) is 11.3 Å². The Kier molecular flexibility index (Phi) is 2.79. The molecule has 0 fully saturated rings. The SMILES string of the molecule is C=Cc1cc(C(F)(F)F)c2c(O)n3c(c2c1)CNCC3. The molecule has 106 valence electrons. The molecule has 1 aromatic carbocycles. The molecule has 3 nitrogen and oxygen atoms in total. The Morgan fingerprint density at radius 2 is 2.10 bits per heavy atom. The number of rotatable bonds is 1. The molecule has 1 aliphatic heterocycles. The Labute approximate surface area is 113 Å². The fourth-order valence-corrected chi connectivity index (χ4v) is 2.71. The summed E-state index contributed by atoms with van der Waals surface area (Å²) >= 11 is 0. The van der Waals surface area contributed by atoms with Crippen molar-refractivity contribution in [3.8, 4) is 5.88 Å². The average molecular weight is 282 g/mol. The van der Waals surface area contributed by atoms with Crippen LogP contribution in [-0.4, -0.2) is 16.2 Å². The normalized spacial score (nSPS) is 15.3. The molecule has 0 amide bonds. The Morgan fingerprint density at radius 3 is 2.75 bits per heavy atom. The highest BCUT2D eigenvalue weighted by Gasteiger charge is 2.36. The Hall–Kier alpha value is -1.95. The molecule has 1 aliphatic rings. The van der Waals surface area contributed by atoms with Crippen molar-refractivity contribution >= 4 is 16.8 Å². The van der Waals surface area contributed by atoms with E-state index in [4.69, 9.17) is 0 Å². The smallest absolute Gasteiger partial charge is 0.417 e. The number of aromatic hydroxyl groups is 1. The quantitative estimate of drug-likeness (QED) is 0.843. The van der Waals surface area contributed by atoms with Crippen molar-refractivity contribution in [1.82, 2.24) is 9.88 Å². The van der Waals surface area contributed by atoms with Crippen molar-refractivity contribution in [3.63, 3.8) is 0 Å². The van der Waals surface area contributed by atoms with Crippen LogP contribution in [0, 0.1) is 0 Å². The van der Waals surface area contributed by atoms with Crippen LogP contribution < -0.4 is 5.32 Å². The monoisotopic (exact) mass is 282 g/mol. The zero-order valence-corrected chi connectivity index (χ0v) is 10.6. The Morgan fingerprint density at radius 1 is 1.35 bits per heavy atom. The lowest BCUT2D eigenvalue weighted by Gasteiger charge is -2.17. The molecular formula is C14H13F3N2O. The van der Waals surface area contributed by atoms with E-state index in [0.29, 0.717) is 36.3 Å². The molecule has 0 unspecified atom stereocenters. The highest BCUT2D eigenvalue weighted by atomic mass is 19.4. The summed E-state index contributed by atoms with van der Waals surface area (Å²) in [5.41, 5.74) is 0.256. The fraction of sp³-hybridized carbons (Fsp3) is 0.286. The molecule has 2 aromatic rings. The van der Waals surface area contributed by atoms with Gasteiger partial charge in [-0.2, -0.15) is 13.2 Å². The molecule has 0 saturated carbocycles. The minimum Gasteiger partial charge on any atom is -0.494 e. The number of hydrogen-bond acceptors (Lipinski definition) is 2. The van der Waals surface area contributed by atoms with E-state index in [2.05, 4.69) is 11.9 Å². The minimum absolute atomic E-state index is 0.123. The lowest BCUT2D eigenvalue weighted by Crippen LogP contribution is -2.27. The Balaban J connectivity index is 2.44. The van der Waals surface area contributed by atoms with Crippen molar-refractivity contribution < 1.29 is 18.3 Å². The standard InChI is InChI=1S/C14H13F3N2O/c1-2-8-5-9-11-7-18-3-4-19(11)13(20)12(9)10(6-8)14(15,16)17/h2,5-6,18,20H,1,3-4,7H2. The molecular weight excluding hydrogens is 269 g/mol. The molecule has 0 spiro atoms. The first-order valence-corrected chi connectivity index (χ1v) is 6.22. The molecule has 0 saturated heterocycles. The summed E-state index contributed by atoms with van der Waals surface area (Å²) in [6.45, 7) is 5.04. The lowest BCUT2D eigenvalue weighted by molar-refractivity contribution is -0.136. The molecule has 0 bridgehead atoms. The van der Waals surface area contributed by atoms with E-state index < -0.39 is 11.7 Å². The molecule has 0 atom stereocenters. The maximum Gasteiger partial charge on any atom is 0.417 e. The molecule has 0 radical (unpaired) electrons. The average Bonchev–Trinajstić information content (AvgIpc) is 2.71. The second-order valence-corrected chi connectivity index (χ2v) is 4.79. The first kappa shape index (κ1) is 13.1. The first-order chi connectivity index (χ1) is 9.43. The van der Waals surface area contributed by atoms with Gasteiger partial charge in [-0.15, -0.1) is 0 Å². The van der Waals surface area contributed by atoms with Crippen molar-refractivity contribution in [2.24, 2.45) is 0 Å². The van der Waals surface area contributed by atoms with Crippen LogP contribution >= 0.6 is 0 Å². The summed E-state index contributed by atoms with van der Waals surface area (Å²) in [5.74, 6) is -0.306. The van der Waals surface area contributed by atoms with Gasteiger partial charge in [-0.05, 0) is 17.7 Å².